The number of aryl methyl sites for hydroxylation is 1. The van der Waals surface area contributed by atoms with Crippen molar-refractivity contribution in [3.05, 3.63) is 83.6 Å². The number of piperidine rings is 1. The number of carbonyl (C=O) groups is 2. The largest absolute Gasteiger partial charge is 0.490 e. The zero-order chi connectivity index (χ0) is 27.5. The summed E-state index contributed by atoms with van der Waals surface area (Å²) in [5.74, 6) is -1.21. The molecule has 0 spiro atoms. The van der Waals surface area contributed by atoms with Crippen molar-refractivity contribution < 1.29 is 27.9 Å². The van der Waals surface area contributed by atoms with Gasteiger partial charge >= 0.3 is 12.1 Å². The van der Waals surface area contributed by atoms with Gasteiger partial charge < -0.3 is 20.6 Å². The molecule has 202 valence electrons. The third-order valence-corrected chi connectivity index (χ3v) is 5.88. The molecule has 1 amide bonds. The predicted octanol–water partition coefficient (Wildman–Crippen LogP) is 4.56. The van der Waals surface area contributed by atoms with Crippen LogP contribution in [0.4, 0.5) is 24.9 Å². The van der Waals surface area contributed by atoms with Gasteiger partial charge in [-0.2, -0.15) is 18.2 Å². The summed E-state index contributed by atoms with van der Waals surface area (Å²) >= 11 is 0. The Hall–Kier alpha value is -4.15. The van der Waals surface area contributed by atoms with E-state index in [1.165, 1.54) is 11.1 Å². The van der Waals surface area contributed by atoms with Crippen molar-refractivity contribution in [2.75, 3.05) is 23.3 Å². The maximum Gasteiger partial charge on any atom is 0.490 e. The Morgan fingerprint density at radius 1 is 1.03 bits per heavy atom. The number of benzene rings is 2. The molecule has 2 aromatic carbocycles. The number of nitrogens with zero attached hydrogens (tertiary/aromatic N) is 3. The van der Waals surface area contributed by atoms with Crippen molar-refractivity contribution in [3.63, 3.8) is 0 Å². The molecule has 11 heteroatoms. The van der Waals surface area contributed by atoms with Crippen LogP contribution >= 0.6 is 0 Å². The first-order valence-corrected chi connectivity index (χ1v) is 12.1. The van der Waals surface area contributed by atoms with Crippen molar-refractivity contribution in [1.82, 2.24) is 15.3 Å². The summed E-state index contributed by atoms with van der Waals surface area (Å²) in [4.78, 5) is 32.9. The van der Waals surface area contributed by atoms with Gasteiger partial charge in [0.2, 0.25) is 11.9 Å². The van der Waals surface area contributed by atoms with Gasteiger partial charge in [0.05, 0.1) is 5.92 Å². The number of hydrogen-bond donors (Lipinski definition) is 3. The Bertz CT molecular complexity index is 1190. The molecule has 0 aliphatic carbocycles. The molecule has 4 rings (SSSR count). The number of nitrogens with one attached hydrogen (secondary N) is 2. The molecule has 1 fully saturated rings. The average Bonchev–Trinajstić information content (AvgIpc) is 2.92. The van der Waals surface area contributed by atoms with E-state index in [1.54, 1.807) is 6.20 Å². The van der Waals surface area contributed by atoms with Crippen LogP contribution in [-0.2, 0) is 22.7 Å². The van der Waals surface area contributed by atoms with E-state index in [0.717, 1.165) is 30.8 Å². The predicted molar refractivity (Wildman–Crippen MR) is 137 cm³/mol. The summed E-state index contributed by atoms with van der Waals surface area (Å²) in [5.41, 5.74) is 3.52. The normalized spacial score (nSPS) is 15.2. The zero-order valence-corrected chi connectivity index (χ0v) is 20.9. The summed E-state index contributed by atoms with van der Waals surface area (Å²) in [6, 6.07) is 20.4. The first-order valence-electron chi connectivity index (χ1n) is 12.1. The van der Waals surface area contributed by atoms with Crippen LogP contribution in [0.5, 0.6) is 0 Å². The highest BCUT2D eigenvalue weighted by Gasteiger charge is 2.38. The minimum atomic E-state index is -5.08. The van der Waals surface area contributed by atoms with E-state index >= 15 is 0 Å². The van der Waals surface area contributed by atoms with Gasteiger partial charge in [0.25, 0.3) is 0 Å². The lowest BCUT2D eigenvalue weighted by Crippen LogP contribution is -2.43. The second-order valence-electron chi connectivity index (χ2n) is 8.87. The highest BCUT2D eigenvalue weighted by Crippen LogP contribution is 2.22. The Balaban J connectivity index is 0.000000505. The molecule has 0 radical (unpaired) electrons. The van der Waals surface area contributed by atoms with Crippen molar-refractivity contribution in [2.45, 2.75) is 39.0 Å². The number of carbonyl (C=O) groups excluding carboxylic acids is 1. The molecule has 0 unspecified atom stereocenters. The van der Waals surface area contributed by atoms with Gasteiger partial charge in [-0.1, -0.05) is 60.2 Å². The number of amides is 1. The maximum atomic E-state index is 12.8. The Morgan fingerprint density at radius 3 is 2.34 bits per heavy atom. The summed E-state index contributed by atoms with van der Waals surface area (Å²) in [7, 11) is 0. The van der Waals surface area contributed by atoms with Crippen LogP contribution in [0.3, 0.4) is 0 Å². The molecule has 0 bridgehead atoms. The molecular formula is C27H30F3N5O3. The summed E-state index contributed by atoms with van der Waals surface area (Å²) in [6.07, 6.45) is -1.43. The Kier molecular flexibility index (Phi) is 10.0. The summed E-state index contributed by atoms with van der Waals surface area (Å²) in [6.45, 7) is 4.88. The lowest BCUT2D eigenvalue weighted by Gasteiger charge is -2.33. The first-order chi connectivity index (χ1) is 18.1. The minimum Gasteiger partial charge on any atom is -0.475 e. The lowest BCUT2D eigenvalue weighted by atomic mass is 9.97. The van der Waals surface area contributed by atoms with Crippen LogP contribution in [0.15, 0.2) is 66.9 Å². The number of alkyl halides is 3. The molecule has 1 aliphatic heterocycles. The fourth-order valence-electron chi connectivity index (χ4n) is 3.83. The van der Waals surface area contributed by atoms with Crippen LogP contribution in [0.25, 0.3) is 0 Å². The molecule has 0 saturated carbocycles. The first kappa shape index (κ1) is 28.4. The van der Waals surface area contributed by atoms with E-state index in [1.807, 2.05) is 24.3 Å². The van der Waals surface area contributed by atoms with Crippen molar-refractivity contribution in [3.8, 4) is 0 Å². The number of aromatic nitrogens is 2. The van der Waals surface area contributed by atoms with Gasteiger partial charge in [-0.05, 0) is 37.0 Å². The molecular weight excluding hydrogens is 499 g/mol. The van der Waals surface area contributed by atoms with E-state index in [4.69, 9.17) is 9.90 Å². The van der Waals surface area contributed by atoms with Crippen LogP contribution in [0.1, 0.15) is 29.5 Å². The Morgan fingerprint density at radius 2 is 1.68 bits per heavy atom. The van der Waals surface area contributed by atoms with E-state index in [2.05, 4.69) is 68.8 Å². The molecule has 3 aromatic rings. The van der Waals surface area contributed by atoms with E-state index in [9.17, 15) is 18.0 Å². The number of carboxylic acids is 1. The topological polar surface area (TPSA) is 107 Å². The number of carboxylic acid groups (broad SMARTS) is 1. The molecule has 1 aliphatic rings. The molecule has 3 N–H and O–H groups in total. The van der Waals surface area contributed by atoms with Gasteiger partial charge in [-0.25, -0.2) is 9.78 Å². The molecule has 1 atom stereocenters. The quantitative estimate of drug-likeness (QED) is 0.412. The monoisotopic (exact) mass is 529 g/mol. The molecule has 1 saturated heterocycles. The minimum absolute atomic E-state index is 0.0325. The third kappa shape index (κ3) is 9.06. The fraction of sp³-hybridized carbons (Fsp3) is 0.333. The van der Waals surface area contributed by atoms with Crippen molar-refractivity contribution >= 4 is 23.6 Å². The third-order valence-electron chi connectivity index (χ3n) is 5.88. The SMILES string of the molecule is Cc1ccc(CNC(=O)[C@H]2CCCN(c3ccnc(NCc4ccccc4)n3)C2)cc1.O=C(O)C(F)(F)F. The molecule has 2 heterocycles. The fourth-order valence-corrected chi connectivity index (χ4v) is 3.83. The number of rotatable bonds is 7. The smallest absolute Gasteiger partial charge is 0.475 e. The zero-order valence-electron chi connectivity index (χ0n) is 20.9. The van der Waals surface area contributed by atoms with Crippen LogP contribution in [-0.4, -0.2) is 46.2 Å². The summed E-state index contributed by atoms with van der Waals surface area (Å²) in [5, 5.41) is 13.5. The standard InChI is InChI=1S/C25H29N5O.C2HF3O2/c1-19-9-11-21(12-10-19)16-27-24(31)22-8-5-15-30(18-22)23-13-14-26-25(29-23)28-17-20-6-3-2-4-7-20;3-2(4,5)1(6)7/h2-4,6-7,9-14,22H,5,8,15-18H2,1H3,(H,27,31)(H,26,28,29);(H,6,7)/t22-;/m0./s1. The van der Waals surface area contributed by atoms with Crippen LogP contribution in [0.2, 0.25) is 0 Å². The molecule has 38 heavy (non-hydrogen) atoms. The second kappa shape index (κ2) is 13.4. The number of aliphatic carboxylic acids is 1. The van der Waals surface area contributed by atoms with Gasteiger partial charge in [-0.15, -0.1) is 0 Å². The number of hydrogen-bond acceptors (Lipinski definition) is 6. The lowest BCUT2D eigenvalue weighted by molar-refractivity contribution is -0.192. The Labute approximate surface area is 218 Å². The van der Waals surface area contributed by atoms with Gasteiger partial charge in [0.1, 0.15) is 5.82 Å². The van der Waals surface area contributed by atoms with Crippen molar-refractivity contribution in [1.29, 1.82) is 0 Å². The van der Waals surface area contributed by atoms with E-state index in [0.29, 0.717) is 25.6 Å². The second-order valence-corrected chi connectivity index (χ2v) is 8.87. The van der Waals surface area contributed by atoms with Crippen LogP contribution < -0.4 is 15.5 Å². The van der Waals surface area contributed by atoms with Gasteiger partial charge in [-0.3, -0.25) is 4.79 Å². The van der Waals surface area contributed by atoms with Crippen LogP contribution in [0, 0.1) is 12.8 Å². The van der Waals surface area contributed by atoms with Crippen molar-refractivity contribution in [2.24, 2.45) is 5.92 Å². The number of halogens is 3. The summed E-state index contributed by atoms with van der Waals surface area (Å²) < 4.78 is 31.7. The molecule has 1 aromatic heterocycles. The van der Waals surface area contributed by atoms with E-state index in [-0.39, 0.29) is 11.8 Å². The number of anilines is 2. The highest BCUT2D eigenvalue weighted by atomic mass is 19.4. The van der Waals surface area contributed by atoms with Gasteiger partial charge in [0.15, 0.2) is 0 Å². The van der Waals surface area contributed by atoms with E-state index < -0.39 is 12.1 Å². The highest BCUT2D eigenvalue weighted by molar-refractivity contribution is 5.79. The average molecular weight is 530 g/mol. The van der Waals surface area contributed by atoms with Gasteiger partial charge in [0, 0.05) is 32.4 Å². The maximum absolute atomic E-state index is 12.8. The molecule has 8 nitrogen and oxygen atoms in total.